The number of amides is 1. The van der Waals surface area contributed by atoms with Gasteiger partial charge in [0.05, 0.1) is 5.69 Å². The molecule has 140 valence electrons. The zero-order chi connectivity index (χ0) is 19.6. The van der Waals surface area contributed by atoms with Gasteiger partial charge in [0.1, 0.15) is 12.1 Å². The van der Waals surface area contributed by atoms with Crippen LogP contribution in [0.5, 0.6) is 0 Å². The highest BCUT2D eigenvalue weighted by molar-refractivity contribution is 7.14. The van der Waals surface area contributed by atoms with Crippen molar-refractivity contribution in [3.05, 3.63) is 69.5 Å². The Morgan fingerprint density at radius 3 is 2.59 bits per heavy atom. The van der Waals surface area contributed by atoms with Crippen molar-refractivity contribution in [3.8, 4) is 11.3 Å². The average Bonchev–Trinajstić information content (AvgIpc) is 3.04. The fourth-order valence-electron chi connectivity index (χ4n) is 2.38. The number of thiazole rings is 1. The first-order valence-corrected chi connectivity index (χ1v) is 8.71. The van der Waals surface area contributed by atoms with Gasteiger partial charge in [-0.05, 0) is 19.1 Å². The highest BCUT2D eigenvalue weighted by atomic mass is 32.1. The maximum Gasteiger partial charge on any atom is 0.421 e. The second-order valence-corrected chi connectivity index (χ2v) is 6.66. The third-order valence-electron chi connectivity index (χ3n) is 3.74. The van der Waals surface area contributed by atoms with Gasteiger partial charge in [0, 0.05) is 17.1 Å². The van der Waals surface area contributed by atoms with E-state index in [1.165, 1.54) is 11.3 Å². The van der Waals surface area contributed by atoms with Crippen LogP contribution in [-0.2, 0) is 17.5 Å². The number of alkyl halides is 3. The minimum Gasteiger partial charge on any atom is -0.306 e. The van der Waals surface area contributed by atoms with Crippen LogP contribution in [0.3, 0.4) is 0 Å². The molecule has 0 fully saturated rings. The summed E-state index contributed by atoms with van der Waals surface area (Å²) in [6.07, 6.45) is -3.63. The molecule has 1 amide bonds. The summed E-state index contributed by atoms with van der Waals surface area (Å²) in [6, 6.07) is 9.44. The lowest BCUT2D eigenvalue weighted by Crippen LogP contribution is -2.31. The summed E-state index contributed by atoms with van der Waals surface area (Å²) in [4.78, 5) is 28.3. The summed E-state index contributed by atoms with van der Waals surface area (Å²) >= 11 is 1.19. The number of hydrogen-bond donors (Lipinski definition) is 1. The van der Waals surface area contributed by atoms with Crippen LogP contribution in [0.25, 0.3) is 11.3 Å². The van der Waals surface area contributed by atoms with Crippen LogP contribution in [0.4, 0.5) is 18.3 Å². The molecule has 0 bridgehead atoms. The monoisotopic (exact) mass is 393 g/mol. The lowest BCUT2D eigenvalue weighted by Gasteiger charge is -2.09. The predicted molar refractivity (Wildman–Crippen MR) is 96.6 cm³/mol. The lowest BCUT2D eigenvalue weighted by molar-refractivity contribution is -0.139. The highest BCUT2D eigenvalue weighted by Crippen LogP contribution is 2.26. The van der Waals surface area contributed by atoms with Crippen molar-refractivity contribution in [1.82, 2.24) is 9.55 Å². The van der Waals surface area contributed by atoms with Gasteiger partial charge in [0.2, 0.25) is 5.91 Å². The molecule has 3 aromatic rings. The fourth-order valence-corrected chi connectivity index (χ4v) is 3.11. The summed E-state index contributed by atoms with van der Waals surface area (Å²) < 4.78 is 39.1. The summed E-state index contributed by atoms with van der Waals surface area (Å²) in [5.74, 6) is -0.638. The number of carbonyl (C=O) groups is 1. The first kappa shape index (κ1) is 18.8. The van der Waals surface area contributed by atoms with E-state index in [1.807, 2.05) is 31.2 Å². The van der Waals surface area contributed by atoms with E-state index in [9.17, 15) is 22.8 Å². The van der Waals surface area contributed by atoms with Gasteiger partial charge in [0.15, 0.2) is 5.13 Å². The van der Waals surface area contributed by atoms with Crippen molar-refractivity contribution in [3.63, 3.8) is 0 Å². The predicted octanol–water partition coefficient (Wildman–Crippen LogP) is 3.94. The Kier molecular flexibility index (Phi) is 5.13. The van der Waals surface area contributed by atoms with E-state index in [0.29, 0.717) is 21.5 Å². The molecule has 0 spiro atoms. The molecule has 5 nitrogen and oxygen atoms in total. The molecule has 0 unspecified atom stereocenters. The van der Waals surface area contributed by atoms with Gasteiger partial charge >= 0.3 is 6.18 Å². The van der Waals surface area contributed by atoms with Gasteiger partial charge < -0.3 is 9.88 Å². The number of carbonyl (C=O) groups excluding carboxylic acids is 1. The molecule has 3 rings (SSSR count). The van der Waals surface area contributed by atoms with E-state index in [0.717, 1.165) is 23.4 Å². The number of hydrogen-bond acceptors (Lipinski definition) is 4. The Morgan fingerprint density at radius 1 is 1.22 bits per heavy atom. The van der Waals surface area contributed by atoms with Crippen LogP contribution >= 0.6 is 11.3 Å². The third kappa shape index (κ3) is 4.43. The van der Waals surface area contributed by atoms with Crippen LogP contribution in [0.1, 0.15) is 11.1 Å². The first-order valence-electron chi connectivity index (χ1n) is 7.83. The molecule has 0 aliphatic carbocycles. The quantitative estimate of drug-likeness (QED) is 0.730. The van der Waals surface area contributed by atoms with E-state index < -0.39 is 29.8 Å². The minimum atomic E-state index is -4.77. The number of rotatable bonds is 4. The number of aryl methyl sites for hydroxylation is 1. The number of nitrogens with one attached hydrogen (secondary N) is 1. The Hall–Kier alpha value is -2.94. The minimum absolute atomic E-state index is 0.301. The average molecular weight is 393 g/mol. The maximum absolute atomic E-state index is 12.8. The van der Waals surface area contributed by atoms with Crippen LogP contribution in [-0.4, -0.2) is 15.5 Å². The maximum atomic E-state index is 12.8. The van der Waals surface area contributed by atoms with Gasteiger partial charge in [-0.3, -0.25) is 9.59 Å². The van der Waals surface area contributed by atoms with E-state index in [-0.39, 0.29) is 0 Å². The molecule has 0 aliphatic heterocycles. The smallest absolute Gasteiger partial charge is 0.306 e. The van der Waals surface area contributed by atoms with E-state index in [2.05, 4.69) is 10.3 Å². The Morgan fingerprint density at radius 2 is 1.93 bits per heavy atom. The summed E-state index contributed by atoms with van der Waals surface area (Å²) in [5.41, 5.74) is 0.0837. The number of nitrogens with zero attached hydrogens (tertiary/aromatic N) is 2. The van der Waals surface area contributed by atoms with E-state index in [4.69, 9.17) is 0 Å². The lowest BCUT2D eigenvalue weighted by atomic mass is 10.1. The van der Waals surface area contributed by atoms with Gasteiger partial charge in [-0.25, -0.2) is 4.98 Å². The molecule has 1 N–H and O–H groups in total. The normalized spacial score (nSPS) is 11.4. The first-order chi connectivity index (χ1) is 12.7. The van der Waals surface area contributed by atoms with Gasteiger partial charge in [-0.2, -0.15) is 13.2 Å². The molecule has 0 saturated carbocycles. The van der Waals surface area contributed by atoms with Crippen LogP contribution < -0.4 is 10.9 Å². The van der Waals surface area contributed by atoms with E-state index >= 15 is 0 Å². The second-order valence-electron chi connectivity index (χ2n) is 5.80. The summed E-state index contributed by atoms with van der Waals surface area (Å²) in [6.45, 7) is 1.42. The van der Waals surface area contributed by atoms with Crippen LogP contribution in [0, 0.1) is 6.92 Å². The largest absolute Gasteiger partial charge is 0.421 e. The molecule has 2 aromatic heterocycles. The molecular weight excluding hydrogens is 379 g/mol. The summed E-state index contributed by atoms with van der Waals surface area (Å²) in [7, 11) is 0. The molecule has 27 heavy (non-hydrogen) atoms. The molecule has 0 saturated heterocycles. The van der Waals surface area contributed by atoms with Crippen LogP contribution in [0.2, 0.25) is 0 Å². The number of anilines is 1. The molecule has 0 atom stereocenters. The molecule has 0 aliphatic rings. The number of pyridine rings is 1. The van der Waals surface area contributed by atoms with E-state index in [1.54, 1.807) is 5.38 Å². The molecule has 1 aromatic carbocycles. The molecular formula is C18H14F3N3O2S. The van der Waals surface area contributed by atoms with Crippen molar-refractivity contribution in [1.29, 1.82) is 0 Å². The number of halogens is 3. The zero-order valence-corrected chi connectivity index (χ0v) is 14.9. The zero-order valence-electron chi connectivity index (χ0n) is 14.1. The topological polar surface area (TPSA) is 64.0 Å². The summed E-state index contributed by atoms with van der Waals surface area (Å²) in [5, 5.41) is 4.57. The van der Waals surface area contributed by atoms with Gasteiger partial charge in [-0.15, -0.1) is 11.3 Å². The molecule has 2 heterocycles. The van der Waals surface area contributed by atoms with Crippen molar-refractivity contribution < 1.29 is 18.0 Å². The second kappa shape index (κ2) is 7.36. The number of benzene rings is 1. The van der Waals surface area contributed by atoms with Gasteiger partial charge in [0.25, 0.3) is 5.56 Å². The van der Waals surface area contributed by atoms with Crippen LogP contribution in [0.15, 0.2) is 52.8 Å². The molecule has 9 heteroatoms. The Bertz CT molecular complexity index is 1020. The fraction of sp³-hybridized carbons (Fsp3) is 0.167. The standard InChI is InChI=1S/C18H14F3N3O2S/c1-11-4-6-12(7-5-11)14-10-27-17(22-14)23-15(25)9-24-8-2-3-13(16(24)26)18(19,20)21/h2-8,10H,9H2,1H3,(H,22,23,25). The highest BCUT2D eigenvalue weighted by Gasteiger charge is 2.34. The van der Waals surface area contributed by atoms with Crippen molar-refractivity contribution in [2.24, 2.45) is 0 Å². The number of aromatic nitrogens is 2. The molecule has 0 radical (unpaired) electrons. The van der Waals surface area contributed by atoms with Gasteiger partial charge in [-0.1, -0.05) is 29.8 Å². The Balaban J connectivity index is 1.72. The SMILES string of the molecule is Cc1ccc(-c2csc(NC(=O)Cn3cccc(C(F)(F)F)c3=O)n2)cc1. The Labute approximate surface area is 156 Å². The van der Waals surface area contributed by atoms with Crippen molar-refractivity contribution in [2.45, 2.75) is 19.6 Å². The van der Waals surface area contributed by atoms with Crippen molar-refractivity contribution >= 4 is 22.4 Å². The van der Waals surface area contributed by atoms with Crippen molar-refractivity contribution in [2.75, 3.05) is 5.32 Å². The third-order valence-corrected chi connectivity index (χ3v) is 4.50.